The normalized spacial score (nSPS) is 10.7. The van der Waals surface area contributed by atoms with E-state index in [1.54, 1.807) is 0 Å². The highest BCUT2D eigenvalue weighted by Gasteiger charge is 2.09. The van der Waals surface area contributed by atoms with Crippen molar-refractivity contribution in [3.63, 3.8) is 0 Å². The fourth-order valence-electron chi connectivity index (χ4n) is 0.318. The highest BCUT2D eigenvalue weighted by atomic mass is 35.5. The van der Waals surface area contributed by atoms with Crippen LogP contribution >= 0.6 is 24.8 Å². The Morgan fingerprint density at radius 1 is 1.55 bits per heavy atom. The molecule has 0 aliphatic carbocycles. The number of halogens is 2. The average molecular weight is 207 g/mol. The molecule has 0 bridgehead atoms. The summed E-state index contributed by atoms with van der Waals surface area (Å²) in [5, 5.41) is 8.19. The molecule has 1 unspecified atom stereocenters. The van der Waals surface area contributed by atoms with Gasteiger partial charge in [-0.1, -0.05) is 0 Å². The molecular formula is C4H12Cl2N2O3. The lowest BCUT2D eigenvalue weighted by Gasteiger charge is -2.02. The number of aliphatic carboxylic acids is 1. The Balaban J connectivity index is -0.000000320. The predicted molar refractivity (Wildman–Crippen MR) is 44.9 cm³/mol. The molecule has 0 saturated carbocycles. The second-order valence-corrected chi connectivity index (χ2v) is 1.60. The first-order valence-electron chi connectivity index (χ1n) is 2.48. The third-order valence-electron chi connectivity index (χ3n) is 0.864. The molecule has 7 heteroatoms. The Morgan fingerprint density at radius 3 is 2.27 bits per heavy atom. The standard InChI is InChI=1S/C4H10N2O3.2ClH/c5-3(4(7)8)1-2-9-6;;/h3H,1-2,5-6H2,(H,7,8);2*1H. The minimum atomic E-state index is -1.04. The maximum absolute atomic E-state index is 9.98. The Kier molecular flexibility index (Phi) is 15.5. The summed E-state index contributed by atoms with van der Waals surface area (Å²) < 4.78 is 0. The fraction of sp³-hybridized carbons (Fsp3) is 0.750. The minimum Gasteiger partial charge on any atom is -0.480 e. The van der Waals surface area contributed by atoms with E-state index in [0.29, 0.717) is 0 Å². The number of carbonyl (C=O) groups is 1. The Labute approximate surface area is 76.8 Å². The summed E-state index contributed by atoms with van der Waals surface area (Å²) in [5.74, 6) is 3.59. The van der Waals surface area contributed by atoms with Crippen molar-refractivity contribution in [1.82, 2.24) is 0 Å². The quantitative estimate of drug-likeness (QED) is 0.541. The number of carboxylic acid groups (broad SMARTS) is 1. The van der Waals surface area contributed by atoms with Gasteiger partial charge in [-0.15, -0.1) is 24.8 Å². The van der Waals surface area contributed by atoms with Crippen molar-refractivity contribution in [2.24, 2.45) is 11.6 Å². The van der Waals surface area contributed by atoms with E-state index < -0.39 is 12.0 Å². The first-order chi connectivity index (χ1) is 4.18. The van der Waals surface area contributed by atoms with Crippen molar-refractivity contribution >= 4 is 30.8 Å². The van der Waals surface area contributed by atoms with Gasteiger partial charge in [-0.25, -0.2) is 5.90 Å². The Morgan fingerprint density at radius 2 is 2.00 bits per heavy atom. The van der Waals surface area contributed by atoms with Gasteiger partial charge in [0.1, 0.15) is 6.04 Å². The highest BCUT2D eigenvalue weighted by Crippen LogP contribution is 1.85. The average Bonchev–Trinajstić information content (AvgIpc) is 1.82. The molecule has 5 nitrogen and oxygen atoms in total. The van der Waals surface area contributed by atoms with E-state index in [1.165, 1.54) is 0 Å². The van der Waals surface area contributed by atoms with Crippen LogP contribution in [0.5, 0.6) is 0 Å². The van der Waals surface area contributed by atoms with E-state index in [0.717, 1.165) is 0 Å². The van der Waals surface area contributed by atoms with E-state index in [2.05, 4.69) is 10.7 Å². The molecule has 0 radical (unpaired) electrons. The maximum atomic E-state index is 9.98. The van der Waals surface area contributed by atoms with Gasteiger partial charge >= 0.3 is 5.97 Å². The number of rotatable bonds is 4. The Bertz CT molecular complexity index is 103. The van der Waals surface area contributed by atoms with Crippen molar-refractivity contribution in [1.29, 1.82) is 0 Å². The van der Waals surface area contributed by atoms with Gasteiger partial charge in [-0.2, -0.15) is 0 Å². The summed E-state index contributed by atoms with van der Waals surface area (Å²) in [4.78, 5) is 14.1. The van der Waals surface area contributed by atoms with Crippen molar-refractivity contribution in [3.8, 4) is 0 Å². The molecule has 0 aromatic carbocycles. The molecule has 0 spiro atoms. The van der Waals surface area contributed by atoms with Crippen LogP contribution in [0.4, 0.5) is 0 Å². The van der Waals surface area contributed by atoms with E-state index in [4.69, 9.17) is 10.8 Å². The highest BCUT2D eigenvalue weighted by molar-refractivity contribution is 5.85. The molecule has 0 amide bonds. The van der Waals surface area contributed by atoms with Crippen LogP contribution in [0.15, 0.2) is 0 Å². The predicted octanol–water partition coefficient (Wildman–Crippen LogP) is -0.478. The van der Waals surface area contributed by atoms with Crippen LogP contribution in [0.2, 0.25) is 0 Å². The summed E-state index contributed by atoms with van der Waals surface area (Å²) in [6.45, 7) is 0.174. The van der Waals surface area contributed by atoms with E-state index in [-0.39, 0.29) is 37.8 Å². The van der Waals surface area contributed by atoms with Gasteiger partial charge in [0, 0.05) is 0 Å². The summed E-state index contributed by atoms with van der Waals surface area (Å²) in [7, 11) is 0. The summed E-state index contributed by atoms with van der Waals surface area (Å²) in [6, 6.07) is -0.867. The molecule has 1 atom stereocenters. The summed E-state index contributed by atoms with van der Waals surface area (Å²) in [5.41, 5.74) is 5.07. The molecular weight excluding hydrogens is 195 g/mol. The zero-order chi connectivity index (χ0) is 7.28. The second kappa shape index (κ2) is 9.93. The monoisotopic (exact) mass is 206 g/mol. The molecule has 5 N–H and O–H groups in total. The lowest BCUT2D eigenvalue weighted by atomic mass is 10.2. The lowest BCUT2D eigenvalue weighted by molar-refractivity contribution is -0.139. The molecule has 70 valence electrons. The van der Waals surface area contributed by atoms with Crippen LogP contribution in [-0.4, -0.2) is 23.7 Å². The first kappa shape index (κ1) is 17.1. The van der Waals surface area contributed by atoms with Crippen LogP contribution in [-0.2, 0) is 9.63 Å². The van der Waals surface area contributed by atoms with E-state index >= 15 is 0 Å². The van der Waals surface area contributed by atoms with Crippen molar-refractivity contribution in [3.05, 3.63) is 0 Å². The zero-order valence-electron chi connectivity index (χ0n) is 5.73. The smallest absolute Gasteiger partial charge is 0.320 e. The van der Waals surface area contributed by atoms with Gasteiger partial charge in [0.15, 0.2) is 0 Å². The van der Waals surface area contributed by atoms with Crippen molar-refractivity contribution in [2.45, 2.75) is 12.5 Å². The fourth-order valence-corrected chi connectivity index (χ4v) is 0.318. The van der Waals surface area contributed by atoms with Gasteiger partial charge in [-0.3, -0.25) is 4.79 Å². The zero-order valence-corrected chi connectivity index (χ0v) is 7.36. The number of nitrogens with two attached hydrogens (primary N) is 2. The van der Waals surface area contributed by atoms with Gasteiger partial charge in [-0.05, 0) is 6.42 Å². The third kappa shape index (κ3) is 9.93. The number of carboxylic acids is 1. The van der Waals surface area contributed by atoms with Gasteiger partial charge in [0.2, 0.25) is 0 Å². The topological polar surface area (TPSA) is 98.6 Å². The molecule has 0 aromatic heterocycles. The molecule has 0 aliphatic heterocycles. The molecule has 0 saturated heterocycles. The minimum absolute atomic E-state index is 0. The van der Waals surface area contributed by atoms with Gasteiger partial charge in [0.25, 0.3) is 0 Å². The van der Waals surface area contributed by atoms with Gasteiger partial charge < -0.3 is 15.7 Å². The van der Waals surface area contributed by atoms with Crippen LogP contribution < -0.4 is 11.6 Å². The van der Waals surface area contributed by atoms with Crippen LogP contribution in [0, 0.1) is 0 Å². The molecule has 0 aromatic rings. The summed E-state index contributed by atoms with van der Waals surface area (Å²) in [6.07, 6.45) is 0.242. The van der Waals surface area contributed by atoms with Crippen molar-refractivity contribution in [2.75, 3.05) is 6.61 Å². The molecule has 0 aliphatic rings. The van der Waals surface area contributed by atoms with Crippen LogP contribution in [0.25, 0.3) is 0 Å². The van der Waals surface area contributed by atoms with Crippen LogP contribution in [0.1, 0.15) is 6.42 Å². The van der Waals surface area contributed by atoms with E-state index in [1.807, 2.05) is 0 Å². The molecule has 0 heterocycles. The molecule has 0 rings (SSSR count). The SMILES string of the molecule is Cl.Cl.NOCCC(N)C(=O)O. The molecule has 0 fully saturated rings. The third-order valence-corrected chi connectivity index (χ3v) is 0.864. The lowest BCUT2D eigenvalue weighted by Crippen LogP contribution is -2.31. The van der Waals surface area contributed by atoms with E-state index in [9.17, 15) is 4.79 Å². The largest absolute Gasteiger partial charge is 0.480 e. The van der Waals surface area contributed by atoms with Crippen molar-refractivity contribution < 1.29 is 14.7 Å². The Hall–Kier alpha value is -0.0700. The van der Waals surface area contributed by atoms with Gasteiger partial charge in [0.05, 0.1) is 6.61 Å². The molecule has 11 heavy (non-hydrogen) atoms. The number of hydrogen-bond donors (Lipinski definition) is 3. The first-order valence-corrected chi connectivity index (χ1v) is 2.48. The number of hydrogen-bond acceptors (Lipinski definition) is 4. The van der Waals surface area contributed by atoms with Crippen LogP contribution in [0.3, 0.4) is 0 Å². The summed E-state index contributed by atoms with van der Waals surface area (Å²) >= 11 is 0. The second-order valence-electron chi connectivity index (χ2n) is 1.60. The maximum Gasteiger partial charge on any atom is 0.320 e.